The molecule has 2 unspecified atom stereocenters. The molecule has 3 N–H and O–H groups in total. The molecule has 28 heavy (non-hydrogen) atoms. The average Bonchev–Trinajstić information content (AvgIpc) is 3.17. The number of benzene rings is 1. The number of carbonyl (C=O) groups excluding carboxylic acids is 1. The molecule has 4 rings (SSSR count). The second-order valence-corrected chi connectivity index (χ2v) is 7.15. The van der Waals surface area contributed by atoms with Gasteiger partial charge in [-0.15, -0.1) is 0 Å². The van der Waals surface area contributed by atoms with Crippen molar-refractivity contribution in [3.05, 3.63) is 41.5 Å². The molecule has 0 spiro atoms. The van der Waals surface area contributed by atoms with Crippen LogP contribution in [0.1, 0.15) is 41.4 Å². The Morgan fingerprint density at radius 2 is 2.04 bits per heavy atom. The molecule has 1 aromatic heterocycles. The zero-order valence-electron chi connectivity index (χ0n) is 15.5. The van der Waals surface area contributed by atoms with Gasteiger partial charge in [0.25, 0.3) is 5.91 Å². The number of nitrogens with zero attached hydrogens (tertiary/aromatic N) is 4. The van der Waals surface area contributed by atoms with Crippen LogP contribution < -0.4 is 16.0 Å². The standard InChI is InChI=1S/C19H23FN6O2/c20-14-3-1-2-12(10-14)13-4-5-15(11-13)22-17(27)16-23-18(21)25-19(24-16)26-6-8-28-9-7-26/h1-3,10,13,15H,4-9,11H2,(H,22,27)(H2,21,23,24,25). The van der Waals surface area contributed by atoms with Crippen LogP contribution in [-0.4, -0.2) is 53.2 Å². The summed E-state index contributed by atoms with van der Waals surface area (Å²) in [7, 11) is 0. The third-order valence-corrected chi connectivity index (χ3v) is 5.23. The summed E-state index contributed by atoms with van der Waals surface area (Å²) < 4.78 is 18.8. The van der Waals surface area contributed by atoms with E-state index in [1.54, 1.807) is 12.1 Å². The number of anilines is 2. The highest BCUT2D eigenvalue weighted by atomic mass is 19.1. The molecule has 1 saturated carbocycles. The first-order valence-electron chi connectivity index (χ1n) is 9.49. The number of hydrogen-bond acceptors (Lipinski definition) is 7. The van der Waals surface area contributed by atoms with E-state index < -0.39 is 0 Å². The Hall–Kier alpha value is -2.81. The van der Waals surface area contributed by atoms with E-state index in [4.69, 9.17) is 10.5 Å². The Morgan fingerprint density at radius 1 is 1.21 bits per heavy atom. The lowest BCUT2D eigenvalue weighted by atomic mass is 9.97. The smallest absolute Gasteiger partial charge is 0.289 e. The second kappa shape index (κ2) is 8.05. The lowest BCUT2D eigenvalue weighted by Crippen LogP contribution is -2.39. The van der Waals surface area contributed by atoms with Crippen molar-refractivity contribution >= 4 is 17.8 Å². The number of carbonyl (C=O) groups is 1. The van der Waals surface area contributed by atoms with Gasteiger partial charge in [-0.25, -0.2) is 4.39 Å². The summed E-state index contributed by atoms with van der Waals surface area (Å²) in [4.78, 5) is 27.0. The van der Waals surface area contributed by atoms with Crippen molar-refractivity contribution in [1.29, 1.82) is 0 Å². The largest absolute Gasteiger partial charge is 0.378 e. The normalized spacial score (nSPS) is 22.2. The topological polar surface area (TPSA) is 106 Å². The van der Waals surface area contributed by atoms with Gasteiger partial charge < -0.3 is 20.7 Å². The highest BCUT2D eigenvalue weighted by Crippen LogP contribution is 2.34. The van der Waals surface area contributed by atoms with Crippen LogP contribution >= 0.6 is 0 Å². The summed E-state index contributed by atoms with van der Waals surface area (Å²) in [6, 6.07) is 6.65. The highest BCUT2D eigenvalue weighted by molar-refractivity contribution is 5.91. The molecule has 2 atom stereocenters. The van der Waals surface area contributed by atoms with Gasteiger partial charge in [0.2, 0.25) is 17.7 Å². The zero-order chi connectivity index (χ0) is 19.5. The van der Waals surface area contributed by atoms with Crippen LogP contribution in [0.5, 0.6) is 0 Å². The van der Waals surface area contributed by atoms with Gasteiger partial charge >= 0.3 is 0 Å². The maximum absolute atomic E-state index is 13.5. The molecule has 9 heteroatoms. The molecule has 1 aliphatic carbocycles. The fraction of sp³-hybridized carbons (Fsp3) is 0.474. The number of nitrogens with two attached hydrogens (primary N) is 1. The highest BCUT2D eigenvalue weighted by Gasteiger charge is 2.28. The fourth-order valence-electron chi connectivity index (χ4n) is 3.81. The van der Waals surface area contributed by atoms with Gasteiger partial charge in [-0.2, -0.15) is 15.0 Å². The van der Waals surface area contributed by atoms with Crippen molar-refractivity contribution in [2.45, 2.75) is 31.2 Å². The maximum atomic E-state index is 13.5. The van der Waals surface area contributed by atoms with E-state index in [-0.39, 0.29) is 35.5 Å². The van der Waals surface area contributed by atoms with E-state index in [1.165, 1.54) is 6.07 Å². The lowest BCUT2D eigenvalue weighted by molar-refractivity contribution is 0.0926. The second-order valence-electron chi connectivity index (χ2n) is 7.15. The summed E-state index contributed by atoms with van der Waals surface area (Å²) in [6.07, 6.45) is 2.47. The molecule has 1 aliphatic heterocycles. The first kappa shape index (κ1) is 18.5. The van der Waals surface area contributed by atoms with Gasteiger partial charge in [0.1, 0.15) is 5.82 Å². The van der Waals surface area contributed by atoms with E-state index in [9.17, 15) is 9.18 Å². The molecule has 148 valence electrons. The molecule has 2 heterocycles. The SMILES string of the molecule is Nc1nc(C(=O)NC2CCC(c3cccc(F)c3)C2)nc(N2CCOCC2)n1. The maximum Gasteiger partial charge on any atom is 0.289 e. The van der Waals surface area contributed by atoms with Crippen molar-refractivity contribution < 1.29 is 13.9 Å². The van der Waals surface area contributed by atoms with Gasteiger partial charge in [-0.05, 0) is 42.9 Å². The van der Waals surface area contributed by atoms with Crippen LogP contribution in [0.3, 0.4) is 0 Å². The van der Waals surface area contributed by atoms with Crippen molar-refractivity contribution in [2.24, 2.45) is 0 Å². The average molecular weight is 386 g/mol. The summed E-state index contributed by atoms with van der Waals surface area (Å²) in [5.74, 6) is 0.0574. The monoisotopic (exact) mass is 386 g/mol. The minimum Gasteiger partial charge on any atom is -0.378 e. The molecule has 8 nitrogen and oxygen atoms in total. The Labute approximate surface area is 162 Å². The number of hydrogen-bond donors (Lipinski definition) is 2. The van der Waals surface area contributed by atoms with Crippen LogP contribution in [0.4, 0.5) is 16.3 Å². The van der Waals surface area contributed by atoms with Crippen molar-refractivity contribution in [3.63, 3.8) is 0 Å². The Morgan fingerprint density at radius 3 is 2.82 bits per heavy atom. The van der Waals surface area contributed by atoms with Crippen molar-refractivity contribution in [3.8, 4) is 0 Å². The third-order valence-electron chi connectivity index (χ3n) is 5.23. The molecular weight excluding hydrogens is 363 g/mol. The molecule has 1 aromatic carbocycles. The first-order valence-corrected chi connectivity index (χ1v) is 9.49. The van der Waals surface area contributed by atoms with Crippen LogP contribution in [0, 0.1) is 5.82 Å². The summed E-state index contributed by atoms with van der Waals surface area (Å²) in [5, 5.41) is 2.98. The number of rotatable bonds is 4. The van der Waals surface area contributed by atoms with Crippen LogP contribution in [-0.2, 0) is 4.74 Å². The van der Waals surface area contributed by atoms with Gasteiger partial charge in [-0.3, -0.25) is 4.79 Å². The summed E-state index contributed by atoms with van der Waals surface area (Å²) in [6.45, 7) is 2.44. The first-order chi connectivity index (χ1) is 13.6. The van der Waals surface area contributed by atoms with E-state index in [2.05, 4.69) is 20.3 Å². The molecule has 1 saturated heterocycles. The molecule has 2 aliphatic rings. The molecule has 0 bridgehead atoms. The molecule has 1 amide bonds. The van der Waals surface area contributed by atoms with Crippen LogP contribution in [0.2, 0.25) is 0 Å². The molecule has 2 fully saturated rings. The van der Waals surface area contributed by atoms with Gasteiger partial charge in [-0.1, -0.05) is 12.1 Å². The Balaban J connectivity index is 1.42. The Kier molecular flexibility index (Phi) is 5.34. The van der Waals surface area contributed by atoms with Crippen LogP contribution in [0.25, 0.3) is 0 Å². The number of nitrogen functional groups attached to an aromatic ring is 1. The van der Waals surface area contributed by atoms with Gasteiger partial charge in [0.05, 0.1) is 13.2 Å². The zero-order valence-corrected chi connectivity index (χ0v) is 15.5. The third kappa shape index (κ3) is 4.19. The molecule has 0 radical (unpaired) electrons. The number of morpholine rings is 1. The minimum absolute atomic E-state index is 0.00871. The van der Waals surface area contributed by atoms with E-state index in [0.29, 0.717) is 32.3 Å². The number of halogens is 1. The summed E-state index contributed by atoms with van der Waals surface area (Å²) in [5.41, 5.74) is 6.76. The predicted molar refractivity (Wildman–Crippen MR) is 102 cm³/mol. The number of aromatic nitrogens is 3. The van der Waals surface area contributed by atoms with E-state index >= 15 is 0 Å². The van der Waals surface area contributed by atoms with Crippen molar-refractivity contribution in [1.82, 2.24) is 20.3 Å². The fourth-order valence-corrected chi connectivity index (χ4v) is 3.81. The van der Waals surface area contributed by atoms with Crippen LogP contribution in [0.15, 0.2) is 24.3 Å². The van der Waals surface area contributed by atoms with E-state index in [0.717, 1.165) is 24.8 Å². The van der Waals surface area contributed by atoms with E-state index in [1.807, 2.05) is 11.0 Å². The quantitative estimate of drug-likeness (QED) is 0.820. The summed E-state index contributed by atoms with van der Waals surface area (Å²) >= 11 is 0. The molecular formula is C19H23FN6O2. The predicted octanol–water partition coefficient (Wildman–Crippen LogP) is 1.50. The van der Waals surface area contributed by atoms with Gasteiger partial charge in [0, 0.05) is 19.1 Å². The van der Waals surface area contributed by atoms with Gasteiger partial charge in [0.15, 0.2) is 0 Å². The number of amides is 1. The Bertz CT molecular complexity index is 858. The van der Waals surface area contributed by atoms with Crippen molar-refractivity contribution in [2.75, 3.05) is 36.9 Å². The lowest BCUT2D eigenvalue weighted by Gasteiger charge is -2.26. The minimum atomic E-state index is -0.367. The number of ether oxygens (including phenoxy) is 1. The number of nitrogens with one attached hydrogen (secondary N) is 1. The molecule has 2 aromatic rings.